The lowest BCUT2D eigenvalue weighted by Gasteiger charge is -2.56. The highest BCUT2D eigenvalue weighted by atomic mass is 16.3. The van der Waals surface area contributed by atoms with Crippen LogP contribution in [-0.4, -0.2) is 52.0 Å². The van der Waals surface area contributed by atoms with Crippen LogP contribution in [0.4, 0.5) is 0 Å². The van der Waals surface area contributed by atoms with E-state index in [0.717, 1.165) is 51.6 Å². The number of pyridine rings is 1. The Kier molecular flexibility index (Phi) is 7.13. The zero-order valence-corrected chi connectivity index (χ0v) is 20.7. The molecule has 6 nitrogen and oxygen atoms in total. The standard InChI is InChI=1S/C27H41N3O3/c1-17-10-15-30(16-11-17)26(33)18(2)20-8-12-27(4)13-9-21(19(3)23(27)24(20)31)29-25(32)22-7-5-6-14-28-22/h5-7,14,17-21,23-24,31H,8-13,15-16H2,1-4H3,(H,29,32). The third kappa shape index (κ3) is 4.82. The molecule has 6 heteroatoms. The molecule has 1 aromatic heterocycles. The molecule has 7 unspecified atom stereocenters. The maximum Gasteiger partial charge on any atom is 0.270 e. The number of nitrogens with one attached hydrogen (secondary N) is 1. The molecule has 33 heavy (non-hydrogen) atoms. The van der Waals surface area contributed by atoms with Crippen LogP contribution in [-0.2, 0) is 4.79 Å². The van der Waals surface area contributed by atoms with Crippen LogP contribution in [0.3, 0.4) is 0 Å². The summed E-state index contributed by atoms with van der Waals surface area (Å²) in [6.45, 7) is 10.4. The van der Waals surface area contributed by atoms with Gasteiger partial charge in [-0.15, -0.1) is 0 Å². The molecule has 3 aliphatic rings. The van der Waals surface area contributed by atoms with Crippen LogP contribution in [0.15, 0.2) is 24.4 Å². The van der Waals surface area contributed by atoms with E-state index in [0.29, 0.717) is 11.6 Å². The smallest absolute Gasteiger partial charge is 0.270 e. The van der Waals surface area contributed by atoms with Gasteiger partial charge in [0.15, 0.2) is 0 Å². The first-order valence-corrected chi connectivity index (χ1v) is 12.9. The Morgan fingerprint density at radius 3 is 2.52 bits per heavy atom. The predicted octanol–water partition coefficient (Wildman–Crippen LogP) is 3.90. The summed E-state index contributed by atoms with van der Waals surface area (Å²) < 4.78 is 0. The Balaban J connectivity index is 1.45. The average Bonchev–Trinajstić information content (AvgIpc) is 2.81. The maximum absolute atomic E-state index is 13.3. The number of hydrogen-bond acceptors (Lipinski definition) is 4. The SMILES string of the molecule is CC1CCN(C(=O)C(C)C2CCC3(C)CCC(NC(=O)c4ccccn4)C(C)C3C2O)CC1. The van der Waals surface area contributed by atoms with Crippen molar-refractivity contribution in [1.29, 1.82) is 0 Å². The molecule has 1 aromatic rings. The van der Waals surface area contributed by atoms with E-state index < -0.39 is 6.10 Å². The Hall–Kier alpha value is -1.95. The first kappa shape index (κ1) is 24.2. The van der Waals surface area contributed by atoms with Gasteiger partial charge in [-0.05, 0) is 79.7 Å². The van der Waals surface area contributed by atoms with Crippen molar-refractivity contribution in [2.75, 3.05) is 13.1 Å². The number of aromatic nitrogens is 1. The molecule has 2 N–H and O–H groups in total. The Labute approximate surface area is 198 Å². The number of nitrogens with zero attached hydrogens (tertiary/aromatic N) is 2. The van der Waals surface area contributed by atoms with Crippen LogP contribution < -0.4 is 5.32 Å². The van der Waals surface area contributed by atoms with Crippen molar-refractivity contribution in [1.82, 2.24) is 15.2 Å². The molecule has 2 amide bonds. The monoisotopic (exact) mass is 455 g/mol. The van der Waals surface area contributed by atoms with Crippen molar-refractivity contribution in [3.63, 3.8) is 0 Å². The number of piperidine rings is 1. The second-order valence-electron chi connectivity index (χ2n) is 11.4. The molecule has 4 rings (SSSR count). The van der Waals surface area contributed by atoms with E-state index in [9.17, 15) is 14.7 Å². The number of rotatable bonds is 4. The molecule has 0 spiro atoms. The molecule has 182 valence electrons. The third-order valence-electron chi connectivity index (χ3n) is 9.23. The second-order valence-corrected chi connectivity index (χ2v) is 11.4. The van der Waals surface area contributed by atoms with Gasteiger partial charge >= 0.3 is 0 Å². The fourth-order valence-electron chi connectivity index (χ4n) is 6.94. The van der Waals surface area contributed by atoms with Crippen molar-refractivity contribution >= 4 is 11.8 Å². The van der Waals surface area contributed by atoms with Crippen LogP contribution >= 0.6 is 0 Å². The van der Waals surface area contributed by atoms with Crippen LogP contribution in [0.5, 0.6) is 0 Å². The van der Waals surface area contributed by atoms with Crippen LogP contribution in [0, 0.1) is 35.0 Å². The molecule has 1 saturated heterocycles. The second kappa shape index (κ2) is 9.73. The van der Waals surface area contributed by atoms with Gasteiger partial charge < -0.3 is 15.3 Å². The van der Waals surface area contributed by atoms with Gasteiger partial charge in [-0.3, -0.25) is 14.6 Å². The average molecular weight is 456 g/mol. The summed E-state index contributed by atoms with van der Waals surface area (Å²) in [6.07, 6.45) is 7.05. The lowest BCUT2D eigenvalue weighted by molar-refractivity contribution is -0.151. The molecule has 2 aliphatic carbocycles. The van der Waals surface area contributed by atoms with E-state index in [1.54, 1.807) is 18.3 Å². The first-order valence-electron chi connectivity index (χ1n) is 12.9. The largest absolute Gasteiger partial charge is 0.392 e. The maximum atomic E-state index is 13.3. The van der Waals surface area contributed by atoms with Gasteiger partial charge in [-0.25, -0.2) is 0 Å². The van der Waals surface area contributed by atoms with Crippen molar-refractivity contribution < 1.29 is 14.7 Å². The summed E-state index contributed by atoms with van der Waals surface area (Å²) in [5.74, 6) is 0.740. The number of fused-ring (bicyclic) bond motifs is 1. The minimum Gasteiger partial charge on any atom is -0.392 e. The van der Waals surface area contributed by atoms with E-state index in [-0.39, 0.29) is 46.9 Å². The van der Waals surface area contributed by atoms with E-state index >= 15 is 0 Å². The van der Waals surface area contributed by atoms with Crippen molar-refractivity contribution in [3.05, 3.63) is 30.1 Å². The molecule has 1 aliphatic heterocycles. The number of aliphatic hydroxyl groups excluding tert-OH is 1. The lowest BCUT2D eigenvalue weighted by atomic mass is 9.51. The van der Waals surface area contributed by atoms with Crippen molar-refractivity contribution in [2.45, 2.75) is 78.4 Å². The Morgan fingerprint density at radius 1 is 1.15 bits per heavy atom. The van der Waals surface area contributed by atoms with Gasteiger partial charge in [0.1, 0.15) is 5.69 Å². The molecule has 0 radical (unpaired) electrons. The zero-order chi connectivity index (χ0) is 23.8. The van der Waals surface area contributed by atoms with Gasteiger partial charge in [0.25, 0.3) is 5.91 Å². The topological polar surface area (TPSA) is 82.5 Å². The first-order chi connectivity index (χ1) is 15.7. The van der Waals surface area contributed by atoms with E-state index in [1.807, 2.05) is 17.9 Å². The van der Waals surface area contributed by atoms with Gasteiger partial charge in [0.05, 0.1) is 6.10 Å². The number of aliphatic hydroxyl groups is 1. The van der Waals surface area contributed by atoms with E-state index in [1.165, 1.54) is 0 Å². The quantitative estimate of drug-likeness (QED) is 0.721. The van der Waals surface area contributed by atoms with Crippen molar-refractivity contribution in [2.24, 2.45) is 35.0 Å². The normalized spacial score (nSPS) is 36.0. The third-order valence-corrected chi connectivity index (χ3v) is 9.23. The van der Waals surface area contributed by atoms with Gasteiger partial charge in [0, 0.05) is 31.2 Å². The Bertz CT molecular complexity index is 838. The minimum absolute atomic E-state index is 0.000529. The highest BCUT2D eigenvalue weighted by molar-refractivity contribution is 5.92. The summed E-state index contributed by atoms with van der Waals surface area (Å²) in [5, 5.41) is 14.8. The predicted molar refractivity (Wildman–Crippen MR) is 128 cm³/mol. The van der Waals surface area contributed by atoms with Gasteiger partial charge in [-0.2, -0.15) is 0 Å². The number of hydrogen-bond donors (Lipinski definition) is 2. The van der Waals surface area contributed by atoms with Gasteiger partial charge in [0.2, 0.25) is 5.91 Å². The summed E-state index contributed by atoms with van der Waals surface area (Å²) in [4.78, 5) is 32.2. The summed E-state index contributed by atoms with van der Waals surface area (Å²) in [6, 6.07) is 5.35. The molecule has 2 heterocycles. The number of likely N-dealkylation sites (tertiary alicyclic amines) is 1. The Morgan fingerprint density at radius 2 is 1.85 bits per heavy atom. The number of carbonyl (C=O) groups excluding carboxylic acids is 2. The van der Waals surface area contributed by atoms with Crippen molar-refractivity contribution in [3.8, 4) is 0 Å². The molecule has 2 saturated carbocycles. The van der Waals surface area contributed by atoms with E-state index in [2.05, 4.69) is 31.1 Å². The zero-order valence-electron chi connectivity index (χ0n) is 20.7. The molecule has 3 fully saturated rings. The van der Waals surface area contributed by atoms with Gasteiger partial charge in [-0.1, -0.05) is 33.8 Å². The summed E-state index contributed by atoms with van der Waals surface area (Å²) in [7, 11) is 0. The number of amides is 2. The molecule has 0 bridgehead atoms. The van der Waals surface area contributed by atoms with Crippen LogP contribution in [0.2, 0.25) is 0 Å². The minimum atomic E-state index is -0.532. The molecular formula is C27H41N3O3. The fraction of sp³-hybridized carbons (Fsp3) is 0.741. The highest BCUT2D eigenvalue weighted by Gasteiger charge is 2.54. The fourth-order valence-corrected chi connectivity index (χ4v) is 6.94. The van der Waals surface area contributed by atoms with Crippen LogP contribution in [0.25, 0.3) is 0 Å². The van der Waals surface area contributed by atoms with Crippen LogP contribution in [0.1, 0.15) is 76.7 Å². The lowest BCUT2D eigenvalue weighted by Crippen LogP contribution is -2.58. The van der Waals surface area contributed by atoms with E-state index in [4.69, 9.17) is 0 Å². The highest BCUT2D eigenvalue weighted by Crippen LogP contribution is 2.55. The molecular weight excluding hydrogens is 414 g/mol. The molecule has 0 aromatic carbocycles. The summed E-state index contributed by atoms with van der Waals surface area (Å²) in [5.41, 5.74) is 0.473. The summed E-state index contributed by atoms with van der Waals surface area (Å²) >= 11 is 0. The molecule has 7 atom stereocenters. The number of carbonyl (C=O) groups is 2.